The van der Waals surface area contributed by atoms with E-state index in [1.807, 2.05) is 78.9 Å². The standard InChI is InChI=1S/C30H24O4/c31-30(28-7-3-1-4-8-28)33-22-20-25-13-17-27(18-14-25)26-15-11-24(12-16-26)19-21-32-23-34-29-9-5-2-6-10-29/h1-22H,23H2. The van der Waals surface area contributed by atoms with Gasteiger partial charge in [-0.05, 0) is 58.7 Å². The fourth-order valence-corrected chi connectivity index (χ4v) is 3.17. The maximum atomic E-state index is 12.0. The molecule has 0 amide bonds. The van der Waals surface area contributed by atoms with E-state index in [2.05, 4.69) is 12.1 Å². The SMILES string of the molecule is O=C(OC=Cc1ccc(-c2ccc(C=COCOc3ccccc3)cc2)cc1)c1ccccc1. The van der Waals surface area contributed by atoms with Crippen LogP contribution < -0.4 is 4.74 Å². The Hall–Kier alpha value is -4.57. The lowest BCUT2D eigenvalue weighted by Gasteiger charge is -2.05. The molecule has 0 atom stereocenters. The van der Waals surface area contributed by atoms with Crippen LogP contribution in [0.4, 0.5) is 0 Å². The van der Waals surface area contributed by atoms with Crippen molar-refractivity contribution in [2.75, 3.05) is 6.79 Å². The van der Waals surface area contributed by atoms with Gasteiger partial charge in [0, 0.05) is 0 Å². The van der Waals surface area contributed by atoms with E-state index in [0.717, 1.165) is 28.0 Å². The van der Waals surface area contributed by atoms with Gasteiger partial charge < -0.3 is 14.2 Å². The van der Waals surface area contributed by atoms with Gasteiger partial charge in [-0.1, -0.05) is 84.9 Å². The average Bonchev–Trinajstić information content (AvgIpc) is 2.90. The van der Waals surface area contributed by atoms with Crippen molar-refractivity contribution in [2.24, 2.45) is 0 Å². The minimum Gasteiger partial charge on any atom is -0.465 e. The Kier molecular flexibility index (Phi) is 7.90. The minimum atomic E-state index is -0.378. The smallest absolute Gasteiger partial charge is 0.342 e. The van der Waals surface area contributed by atoms with Crippen LogP contribution in [0.5, 0.6) is 5.75 Å². The van der Waals surface area contributed by atoms with E-state index in [9.17, 15) is 4.79 Å². The average molecular weight is 449 g/mol. The molecule has 0 aliphatic carbocycles. The summed E-state index contributed by atoms with van der Waals surface area (Å²) in [5.41, 5.74) is 4.70. The van der Waals surface area contributed by atoms with E-state index in [0.29, 0.717) is 5.56 Å². The number of hydrogen-bond acceptors (Lipinski definition) is 4. The van der Waals surface area contributed by atoms with E-state index in [4.69, 9.17) is 14.2 Å². The number of benzene rings is 4. The lowest BCUT2D eigenvalue weighted by atomic mass is 10.0. The highest BCUT2D eigenvalue weighted by Gasteiger charge is 2.03. The van der Waals surface area contributed by atoms with E-state index in [-0.39, 0.29) is 12.8 Å². The third kappa shape index (κ3) is 6.71. The molecule has 0 heterocycles. The van der Waals surface area contributed by atoms with Gasteiger partial charge in [-0.25, -0.2) is 4.79 Å². The summed E-state index contributed by atoms with van der Waals surface area (Å²) in [5.74, 6) is 0.395. The zero-order chi connectivity index (χ0) is 23.4. The van der Waals surface area contributed by atoms with Crippen molar-refractivity contribution in [1.29, 1.82) is 0 Å². The number of para-hydroxylation sites is 1. The summed E-state index contributed by atoms with van der Waals surface area (Å²) in [7, 11) is 0. The van der Waals surface area contributed by atoms with Crippen molar-refractivity contribution in [2.45, 2.75) is 0 Å². The van der Waals surface area contributed by atoms with Crippen LogP contribution in [-0.2, 0) is 9.47 Å². The van der Waals surface area contributed by atoms with Gasteiger partial charge in [0.15, 0.2) is 0 Å². The predicted molar refractivity (Wildman–Crippen MR) is 135 cm³/mol. The number of esters is 1. The second-order valence-corrected chi connectivity index (χ2v) is 7.36. The molecule has 4 rings (SSSR count). The van der Waals surface area contributed by atoms with Gasteiger partial charge in [-0.15, -0.1) is 0 Å². The molecule has 0 saturated carbocycles. The third-order valence-electron chi connectivity index (χ3n) is 4.99. The molecule has 4 nitrogen and oxygen atoms in total. The molecule has 0 fully saturated rings. The molecular formula is C30H24O4. The number of carbonyl (C=O) groups is 1. The molecule has 0 N–H and O–H groups in total. The molecule has 4 aromatic rings. The topological polar surface area (TPSA) is 44.8 Å². The Bertz CT molecular complexity index is 1230. The first-order valence-electron chi connectivity index (χ1n) is 10.9. The van der Waals surface area contributed by atoms with Crippen molar-refractivity contribution < 1.29 is 19.0 Å². The van der Waals surface area contributed by atoms with Crippen LogP contribution >= 0.6 is 0 Å². The largest absolute Gasteiger partial charge is 0.465 e. The van der Waals surface area contributed by atoms with Crippen LogP contribution in [0.1, 0.15) is 21.5 Å². The maximum absolute atomic E-state index is 12.0. The second kappa shape index (κ2) is 11.9. The zero-order valence-corrected chi connectivity index (χ0v) is 18.5. The Labute approximate surface area is 199 Å². The van der Waals surface area contributed by atoms with Gasteiger partial charge in [-0.2, -0.15) is 0 Å². The summed E-state index contributed by atoms with van der Waals surface area (Å²) in [5, 5.41) is 0. The van der Waals surface area contributed by atoms with Gasteiger partial charge in [0.25, 0.3) is 0 Å². The number of carbonyl (C=O) groups excluding carboxylic acids is 1. The second-order valence-electron chi connectivity index (χ2n) is 7.36. The predicted octanol–water partition coefficient (Wildman–Crippen LogP) is 7.21. The third-order valence-corrected chi connectivity index (χ3v) is 4.99. The van der Waals surface area contributed by atoms with Gasteiger partial charge in [0.2, 0.25) is 6.79 Å². The summed E-state index contributed by atoms with van der Waals surface area (Å²) < 4.78 is 16.1. The van der Waals surface area contributed by atoms with E-state index in [1.54, 1.807) is 36.6 Å². The maximum Gasteiger partial charge on any atom is 0.342 e. The van der Waals surface area contributed by atoms with E-state index >= 15 is 0 Å². The van der Waals surface area contributed by atoms with Crippen molar-refractivity contribution in [3.63, 3.8) is 0 Å². The molecule has 34 heavy (non-hydrogen) atoms. The molecule has 0 aliphatic heterocycles. The summed E-state index contributed by atoms with van der Waals surface area (Å²) in [6.45, 7) is 0.158. The lowest BCUT2D eigenvalue weighted by molar-refractivity contribution is 0.0665. The first-order chi connectivity index (χ1) is 16.8. The molecule has 4 heteroatoms. The first-order valence-corrected chi connectivity index (χ1v) is 10.9. The van der Waals surface area contributed by atoms with Crippen LogP contribution in [0, 0.1) is 0 Å². The Morgan fingerprint density at radius 1 is 0.618 bits per heavy atom. The summed E-state index contributed by atoms with van der Waals surface area (Å²) in [4.78, 5) is 12.0. The van der Waals surface area contributed by atoms with Crippen LogP contribution in [0.2, 0.25) is 0 Å². The highest BCUT2D eigenvalue weighted by molar-refractivity contribution is 5.89. The zero-order valence-electron chi connectivity index (χ0n) is 18.5. The highest BCUT2D eigenvalue weighted by atomic mass is 16.7. The molecule has 0 radical (unpaired) electrons. The van der Waals surface area contributed by atoms with Crippen LogP contribution in [-0.4, -0.2) is 12.8 Å². The fourth-order valence-electron chi connectivity index (χ4n) is 3.17. The molecule has 0 bridgehead atoms. The van der Waals surface area contributed by atoms with Crippen LogP contribution in [0.25, 0.3) is 23.3 Å². The molecule has 0 spiro atoms. The Balaban J connectivity index is 1.26. The molecule has 0 saturated heterocycles. The summed E-state index contributed by atoms with van der Waals surface area (Å²) in [6.07, 6.45) is 6.70. The molecule has 4 aromatic carbocycles. The molecule has 0 unspecified atom stereocenters. The lowest BCUT2D eigenvalue weighted by Crippen LogP contribution is -1.99. The van der Waals surface area contributed by atoms with Crippen molar-refractivity contribution >= 4 is 18.1 Å². The minimum absolute atomic E-state index is 0.158. The highest BCUT2D eigenvalue weighted by Crippen LogP contribution is 2.21. The quantitative estimate of drug-likeness (QED) is 0.117. The van der Waals surface area contributed by atoms with Gasteiger partial charge in [0.05, 0.1) is 18.1 Å². The van der Waals surface area contributed by atoms with Gasteiger partial charge in [-0.3, -0.25) is 0 Å². The number of hydrogen-bond donors (Lipinski definition) is 0. The van der Waals surface area contributed by atoms with Gasteiger partial charge in [0.1, 0.15) is 5.75 Å². The van der Waals surface area contributed by atoms with Crippen molar-refractivity contribution in [3.05, 3.63) is 138 Å². The van der Waals surface area contributed by atoms with Crippen LogP contribution in [0.3, 0.4) is 0 Å². The summed E-state index contributed by atoms with van der Waals surface area (Å²) in [6, 6.07) is 34.7. The van der Waals surface area contributed by atoms with E-state index in [1.165, 1.54) is 6.26 Å². The van der Waals surface area contributed by atoms with Gasteiger partial charge >= 0.3 is 5.97 Å². The van der Waals surface area contributed by atoms with Crippen LogP contribution in [0.15, 0.2) is 122 Å². The molecule has 168 valence electrons. The first kappa shape index (κ1) is 22.6. The van der Waals surface area contributed by atoms with Crippen molar-refractivity contribution in [3.8, 4) is 16.9 Å². The Morgan fingerprint density at radius 3 is 1.74 bits per heavy atom. The normalized spacial score (nSPS) is 10.9. The monoisotopic (exact) mass is 448 g/mol. The molecule has 0 aliphatic rings. The number of rotatable bonds is 9. The molecular weight excluding hydrogens is 424 g/mol. The number of ether oxygens (including phenoxy) is 3. The fraction of sp³-hybridized carbons (Fsp3) is 0.0333. The van der Waals surface area contributed by atoms with E-state index < -0.39 is 0 Å². The summed E-state index contributed by atoms with van der Waals surface area (Å²) >= 11 is 0. The van der Waals surface area contributed by atoms with Crippen molar-refractivity contribution in [1.82, 2.24) is 0 Å². The Morgan fingerprint density at radius 2 is 1.15 bits per heavy atom. The molecule has 0 aromatic heterocycles.